The highest BCUT2D eigenvalue weighted by Crippen LogP contribution is 2.52. The lowest BCUT2D eigenvalue weighted by atomic mass is 9.58. The largest absolute Gasteiger partial charge is 0.461 e. The second-order valence-electron chi connectivity index (χ2n) is 10.4. The van der Waals surface area contributed by atoms with Crippen LogP contribution in [-0.2, 0) is 24.5 Å². The Morgan fingerprint density at radius 3 is 2.11 bits per heavy atom. The number of carbonyl (C=O) groups excluding carboxylic acids is 2. The Morgan fingerprint density at radius 2 is 1.66 bits per heavy atom. The van der Waals surface area contributed by atoms with Crippen LogP contribution in [0.2, 0.25) is 0 Å². The number of hydrogen-bond donors (Lipinski definition) is 4. The predicted octanol–water partition coefficient (Wildman–Crippen LogP) is 2.59. The summed E-state index contributed by atoms with van der Waals surface area (Å²) < 4.78 is 10.9. The highest BCUT2D eigenvalue weighted by atomic mass is 32.1. The van der Waals surface area contributed by atoms with Gasteiger partial charge in [0.25, 0.3) is 0 Å². The molecule has 190 valence electrons. The minimum Gasteiger partial charge on any atom is -0.461 e. The number of ether oxygens (including phenoxy) is 2. The summed E-state index contributed by atoms with van der Waals surface area (Å²) in [5, 5.41) is 15.1. The standard InChI is InChI=1S/C26H35N3O5S/c1-7-13-33-21(30)19-18(16-9-11-17(12-10-16)24(3,4)5)20(22(31)34-14-8-2)26(15-25(19,6)32)27-23(35)28-29-26/h7-12,18-20,29,32H,1-2,13-15H2,3-6H3,(H2,27,28,35)/t18-,19-,20+,25+,26-/m0/s1. The summed E-state index contributed by atoms with van der Waals surface area (Å²) in [7, 11) is 0. The molecular formula is C26H35N3O5S. The first-order chi connectivity index (χ1) is 16.4. The van der Waals surface area contributed by atoms with Gasteiger partial charge in [-0.1, -0.05) is 70.3 Å². The molecule has 2 fully saturated rings. The van der Waals surface area contributed by atoms with Crippen molar-refractivity contribution in [1.29, 1.82) is 0 Å². The van der Waals surface area contributed by atoms with Gasteiger partial charge in [-0.2, -0.15) is 0 Å². The summed E-state index contributed by atoms with van der Waals surface area (Å²) in [6.45, 7) is 15.1. The molecule has 1 heterocycles. The molecule has 1 spiro atoms. The van der Waals surface area contributed by atoms with Crippen molar-refractivity contribution < 1.29 is 24.2 Å². The topological polar surface area (TPSA) is 109 Å². The van der Waals surface area contributed by atoms with Crippen LogP contribution in [0.1, 0.15) is 51.2 Å². The zero-order valence-electron chi connectivity index (χ0n) is 20.7. The molecule has 5 atom stereocenters. The fourth-order valence-corrected chi connectivity index (χ4v) is 5.38. The summed E-state index contributed by atoms with van der Waals surface area (Å²) in [5.41, 5.74) is 4.83. The molecule has 0 amide bonds. The van der Waals surface area contributed by atoms with Crippen LogP contribution in [0.25, 0.3) is 0 Å². The summed E-state index contributed by atoms with van der Waals surface area (Å²) in [6.07, 6.45) is 2.92. The van der Waals surface area contributed by atoms with Crippen LogP contribution >= 0.6 is 12.2 Å². The summed E-state index contributed by atoms with van der Waals surface area (Å²) in [4.78, 5) is 26.9. The first-order valence-electron chi connectivity index (χ1n) is 11.6. The number of aliphatic hydroxyl groups is 1. The second-order valence-corrected chi connectivity index (χ2v) is 10.8. The van der Waals surface area contributed by atoms with E-state index in [1.165, 1.54) is 12.2 Å². The van der Waals surface area contributed by atoms with Crippen molar-refractivity contribution in [3.8, 4) is 0 Å². The fraction of sp³-hybridized carbons (Fsp3) is 0.500. The lowest BCUT2D eigenvalue weighted by Gasteiger charge is -2.52. The van der Waals surface area contributed by atoms with Gasteiger partial charge in [0, 0.05) is 12.3 Å². The van der Waals surface area contributed by atoms with Crippen LogP contribution in [0, 0.1) is 11.8 Å². The minimum absolute atomic E-state index is 0.000933. The van der Waals surface area contributed by atoms with Crippen LogP contribution in [0.4, 0.5) is 0 Å². The van der Waals surface area contributed by atoms with Crippen LogP contribution in [-0.4, -0.2) is 46.6 Å². The van der Waals surface area contributed by atoms with Gasteiger partial charge in [0.1, 0.15) is 24.8 Å². The van der Waals surface area contributed by atoms with Gasteiger partial charge in [0.15, 0.2) is 5.11 Å². The van der Waals surface area contributed by atoms with Gasteiger partial charge in [-0.25, -0.2) is 5.43 Å². The third-order valence-electron chi connectivity index (χ3n) is 6.65. The Balaban J connectivity index is 2.20. The minimum atomic E-state index is -1.57. The SMILES string of the molecule is C=CCOC(=O)[C@@H]1[C@H](c2ccc(C(C)(C)C)cc2)[C@H](C(=O)OCC=C)[C@]2(C[C@@]1(C)O)NNC(=S)N2. The molecule has 1 aliphatic heterocycles. The molecule has 1 aromatic carbocycles. The zero-order valence-corrected chi connectivity index (χ0v) is 21.5. The number of esters is 2. The summed E-state index contributed by atoms with van der Waals surface area (Å²) in [5.74, 6) is -3.99. The predicted molar refractivity (Wildman–Crippen MR) is 137 cm³/mol. The highest BCUT2D eigenvalue weighted by molar-refractivity contribution is 7.80. The van der Waals surface area contributed by atoms with Crippen LogP contribution < -0.4 is 16.2 Å². The lowest BCUT2D eigenvalue weighted by Crippen LogP contribution is -2.70. The van der Waals surface area contributed by atoms with E-state index in [4.69, 9.17) is 21.7 Å². The van der Waals surface area contributed by atoms with Gasteiger partial charge in [0.05, 0.1) is 11.5 Å². The molecule has 0 aromatic heterocycles. The molecule has 2 aliphatic rings. The Labute approximate surface area is 212 Å². The highest BCUT2D eigenvalue weighted by Gasteiger charge is 2.65. The van der Waals surface area contributed by atoms with Crippen molar-refractivity contribution in [3.63, 3.8) is 0 Å². The molecule has 0 radical (unpaired) electrons. The number of nitrogens with one attached hydrogen (secondary N) is 3. The van der Waals surface area contributed by atoms with E-state index in [9.17, 15) is 14.7 Å². The van der Waals surface area contributed by atoms with E-state index in [-0.39, 0.29) is 30.2 Å². The average Bonchev–Trinajstić information content (AvgIpc) is 3.14. The number of benzene rings is 1. The van der Waals surface area contributed by atoms with Crippen LogP contribution in [0.3, 0.4) is 0 Å². The fourth-order valence-electron chi connectivity index (χ4n) is 5.15. The quantitative estimate of drug-likeness (QED) is 0.255. The van der Waals surface area contributed by atoms with Crippen molar-refractivity contribution in [3.05, 3.63) is 60.7 Å². The number of rotatable bonds is 7. The van der Waals surface area contributed by atoms with E-state index in [1.807, 2.05) is 24.3 Å². The van der Waals surface area contributed by atoms with Crippen molar-refractivity contribution >= 4 is 29.3 Å². The molecule has 0 unspecified atom stereocenters. The van der Waals surface area contributed by atoms with E-state index >= 15 is 0 Å². The summed E-state index contributed by atoms with van der Waals surface area (Å²) >= 11 is 5.29. The van der Waals surface area contributed by atoms with E-state index in [2.05, 4.69) is 50.1 Å². The monoisotopic (exact) mass is 501 g/mol. The first kappa shape index (κ1) is 26.8. The smallest absolute Gasteiger partial charge is 0.313 e. The maximum absolute atomic E-state index is 13.6. The third kappa shape index (κ3) is 5.42. The number of thiocarbonyl (C=S) groups is 1. The molecule has 35 heavy (non-hydrogen) atoms. The number of hydrogen-bond acceptors (Lipinski definition) is 7. The van der Waals surface area contributed by atoms with Gasteiger partial charge in [0.2, 0.25) is 0 Å². The molecule has 8 nitrogen and oxygen atoms in total. The van der Waals surface area contributed by atoms with Gasteiger partial charge in [-0.3, -0.25) is 15.0 Å². The zero-order chi connectivity index (χ0) is 26.0. The van der Waals surface area contributed by atoms with E-state index in [0.29, 0.717) is 5.56 Å². The molecule has 1 aromatic rings. The maximum atomic E-state index is 13.6. The normalized spacial score (nSPS) is 30.2. The molecule has 1 saturated carbocycles. The Hall–Kier alpha value is -2.75. The summed E-state index contributed by atoms with van der Waals surface area (Å²) in [6, 6.07) is 7.73. The van der Waals surface area contributed by atoms with Gasteiger partial charge < -0.3 is 19.9 Å². The first-order valence-corrected chi connectivity index (χ1v) is 12.0. The lowest BCUT2D eigenvalue weighted by molar-refractivity contribution is -0.179. The third-order valence-corrected chi connectivity index (χ3v) is 6.85. The molecule has 9 heteroatoms. The van der Waals surface area contributed by atoms with E-state index < -0.39 is 41.0 Å². The molecular weight excluding hydrogens is 466 g/mol. The second kappa shape index (κ2) is 10.1. The number of hydrazine groups is 1. The van der Waals surface area contributed by atoms with Gasteiger partial charge in [-0.05, 0) is 35.7 Å². The Morgan fingerprint density at radius 1 is 1.11 bits per heavy atom. The van der Waals surface area contributed by atoms with E-state index in [1.54, 1.807) is 6.92 Å². The Bertz CT molecular complexity index is 1000. The van der Waals surface area contributed by atoms with E-state index in [0.717, 1.165) is 5.56 Å². The molecule has 1 aliphatic carbocycles. The van der Waals surface area contributed by atoms with Crippen LogP contribution in [0.5, 0.6) is 0 Å². The van der Waals surface area contributed by atoms with Crippen molar-refractivity contribution in [1.82, 2.24) is 16.2 Å². The molecule has 0 bridgehead atoms. The van der Waals surface area contributed by atoms with Gasteiger partial charge >= 0.3 is 11.9 Å². The maximum Gasteiger partial charge on any atom is 0.313 e. The van der Waals surface area contributed by atoms with Crippen molar-refractivity contribution in [2.24, 2.45) is 11.8 Å². The van der Waals surface area contributed by atoms with Crippen LogP contribution in [0.15, 0.2) is 49.6 Å². The average molecular weight is 502 g/mol. The van der Waals surface area contributed by atoms with Crippen molar-refractivity contribution in [2.75, 3.05) is 13.2 Å². The molecule has 4 N–H and O–H groups in total. The van der Waals surface area contributed by atoms with Crippen molar-refractivity contribution in [2.45, 2.75) is 56.7 Å². The number of carbonyl (C=O) groups is 2. The molecule has 1 saturated heterocycles. The van der Waals surface area contributed by atoms with Gasteiger partial charge in [-0.15, -0.1) is 0 Å². The Kier molecular flexibility index (Phi) is 7.74. The molecule has 3 rings (SSSR count).